The van der Waals surface area contributed by atoms with Gasteiger partial charge in [-0.25, -0.2) is 0 Å². The van der Waals surface area contributed by atoms with E-state index in [1.807, 2.05) is 31.2 Å². The standard InChI is InChI=1S/C16H20ClNO2/c1-2-12(13-4-3-5-14(17)10-13)11-16(20)18-8-6-15(19)7-9-18/h3-5,10-11,15,19H,2,6-9H2,1H3/b12-11+. The Morgan fingerprint density at radius 2 is 2.15 bits per heavy atom. The van der Waals surface area contributed by atoms with Crippen LogP contribution in [0.5, 0.6) is 0 Å². The number of hydrogen-bond acceptors (Lipinski definition) is 2. The lowest BCUT2D eigenvalue weighted by Crippen LogP contribution is -2.39. The number of halogens is 1. The highest BCUT2D eigenvalue weighted by Crippen LogP contribution is 2.22. The number of carbonyl (C=O) groups is 1. The zero-order chi connectivity index (χ0) is 14.5. The van der Waals surface area contributed by atoms with Crippen LogP contribution in [-0.4, -0.2) is 35.1 Å². The van der Waals surface area contributed by atoms with E-state index in [1.165, 1.54) is 0 Å². The van der Waals surface area contributed by atoms with Gasteiger partial charge in [0, 0.05) is 24.2 Å². The second-order valence-electron chi connectivity index (χ2n) is 5.09. The average Bonchev–Trinajstić information content (AvgIpc) is 2.45. The molecule has 1 aliphatic rings. The Labute approximate surface area is 124 Å². The molecule has 1 saturated heterocycles. The monoisotopic (exact) mass is 293 g/mol. The number of likely N-dealkylation sites (tertiary alicyclic amines) is 1. The Hall–Kier alpha value is -1.32. The van der Waals surface area contributed by atoms with Crippen molar-refractivity contribution in [2.24, 2.45) is 0 Å². The van der Waals surface area contributed by atoms with Gasteiger partial charge in [-0.2, -0.15) is 0 Å². The molecule has 2 rings (SSSR count). The maximum absolute atomic E-state index is 12.3. The van der Waals surface area contributed by atoms with Crippen molar-refractivity contribution in [1.29, 1.82) is 0 Å². The van der Waals surface area contributed by atoms with Gasteiger partial charge in [-0.15, -0.1) is 0 Å². The van der Waals surface area contributed by atoms with E-state index < -0.39 is 0 Å². The topological polar surface area (TPSA) is 40.5 Å². The fourth-order valence-corrected chi connectivity index (χ4v) is 2.59. The molecule has 0 saturated carbocycles. The molecule has 1 aromatic rings. The van der Waals surface area contributed by atoms with Gasteiger partial charge in [-0.3, -0.25) is 4.79 Å². The van der Waals surface area contributed by atoms with Gasteiger partial charge in [0.1, 0.15) is 0 Å². The maximum Gasteiger partial charge on any atom is 0.246 e. The quantitative estimate of drug-likeness (QED) is 0.870. The molecule has 0 radical (unpaired) electrons. The predicted molar refractivity (Wildman–Crippen MR) is 81.5 cm³/mol. The molecule has 1 heterocycles. The second kappa shape index (κ2) is 6.91. The number of hydrogen-bond donors (Lipinski definition) is 1. The molecule has 1 aromatic carbocycles. The number of rotatable bonds is 3. The normalized spacial score (nSPS) is 17.4. The Kier molecular flexibility index (Phi) is 5.21. The van der Waals surface area contributed by atoms with Crippen molar-refractivity contribution in [3.05, 3.63) is 40.9 Å². The fraction of sp³-hybridized carbons (Fsp3) is 0.438. The SMILES string of the molecule is CC/C(=C\C(=O)N1CCC(O)CC1)c1cccc(Cl)c1. The van der Waals surface area contributed by atoms with Gasteiger partial charge in [0.15, 0.2) is 0 Å². The molecule has 0 aromatic heterocycles. The van der Waals surface area contributed by atoms with Crippen molar-refractivity contribution in [2.45, 2.75) is 32.3 Å². The molecule has 3 nitrogen and oxygen atoms in total. The molecule has 0 spiro atoms. The van der Waals surface area contributed by atoms with Crippen molar-refractivity contribution in [1.82, 2.24) is 4.90 Å². The highest BCUT2D eigenvalue weighted by molar-refractivity contribution is 6.30. The smallest absolute Gasteiger partial charge is 0.246 e. The highest BCUT2D eigenvalue weighted by Gasteiger charge is 2.20. The molecule has 0 atom stereocenters. The number of aliphatic hydroxyl groups excluding tert-OH is 1. The number of aliphatic hydroxyl groups is 1. The summed E-state index contributed by atoms with van der Waals surface area (Å²) in [7, 11) is 0. The summed E-state index contributed by atoms with van der Waals surface area (Å²) in [6.07, 6.45) is 3.55. The van der Waals surface area contributed by atoms with Crippen LogP contribution in [0.25, 0.3) is 5.57 Å². The molecule has 1 N–H and O–H groups in total. The van der Waals surface area contributed by atoms with E-state index in [-0.39, 0.29) is 12.0 Å². The van der Waals surface area contributed by atoms with Crippen LogP contribution in [0.4, 0.5) is 0 Å². The number of amides is 1. The number of nitrogens with zero attached hydrogens (tertiary/aromatic N) is 1. The van der Waals surface area contributed by atoms with Crippen LogP contribution >= 0.6 is 11.6 Å². The van der Waals surface area contributed by atoms with Crippen LogP contribution in [0.15, 0.2) is 30.3 Å². The van der Waals surface area contributed by atoms with Crippen molar-refractivity contribution in [3.8, 4) is 0 Å². The number of carbonyl (C=O) groups excluding carboxylic acids is 1. The molecule has 108 valence electrons. The van der Waals surface area contributed by atoms with Gasteiger partial charge in [0.2, 0.25) is 5.91 Å². The molecule has 20 heavy (non-hydrogen) atoms. The van der Waals surface area contributed by atoms with Gasteiger partial charge in [-0.1, -0.05) is 30.7 Å². The van der Waals surface area contributed by atoms with E-state index in [2.05, 4.69) is 0 Å². The molecule has 1 amide bonds. The first-order chi connectivity index (χ1) is 9.60. The first-order valence-corrected chi connectivity index (χ1v) is 7.41. The third-order valence-electron chi connectivity index (χ3n) is 3.65. The van der Waals surface area contributed by atoms with E-state index >= 15 is 0 Å². The van der Waals surface area contributed by atoms with Crippen LogP contribution in [-0.2, 0) is 4.79 Å². The van der Waals surface area contributed by atoms with Gasteiger partial charge < -0.3 is 10.0 Å². The van der Waals surface area contributed by atoms with Gasteiger partial charge in [0.05, 0.1) is 6.10 Å². The molecule has 1 fully saturated rings. The van der Waals surface area contributed by atoms with Crippen molar-refractivity contribution in [3.63, 3.8) is 0 Å². The minimum Gasteiger partial charge on any atom is -0.393 e. The summed E-state index contributed by atoms with van der Waals surface area (Å²) < 4.78 is 0. The molecule has 0 aliphatic carbocycles. The number of benzene rings is 1. The lowest BCUT2D eigenvalue weighted by molar-refractivity contribution is -0.127. The summed E-state index contributed by atoms with van der Waals surface area (Å²) >= 11 is 6.00. The fourth-order valence-electron chi connectivity index (χ4n) is 2.40. The van der Waals surface area contributed by atoms with Crippen molar-refractivity contribution >= 4 is 23.1 Å². The number of piperidine rings is 1. The van der Waals surface area contributed by atoms with Crippen LogP contribution in [0.3, 0.4) is 0 Å². The summed E-state index contributed by atoms with van der Waals surface area (Å²) in [5, 5.41) is 10.2. The summed E-state index contributed by atoms with van der Waals surface area (Å²) in [5.41, 5.74) is 1.98. The van der Waals surface area contributed by atoms with Gasteiger partial charge >= 0.3 is 0 Å². The first kappa shape index (κ1) is 15.1. The van der Waals surface area contributed by atoms with Crippen LogP contribution in [0, 0.1) is 0 Å². The van der Waals surface area contributed by atoms with Crippen molar-refractivity contribution in [2.75, 3.05) is 13.1 Å². The molecular formula is C16H20ClNO2. The Bertz CT molecular complexity index is 505. The summed E-state index contributed by atoms with van der Waals surface area (Å²) in [6.45, 7) is 3.28. The van der Waals surface area contributed by atoms with Crippen LogP contribution in [0.1, 0.15) is 31.7 Å². The average molecular weight is 294 g/mol. The first-order valence-electron chi connectivity index (χ1n) is 7.03. The summed E-state index contributed by atoms with van der Waals surface area (Å²) in [6, 6.07) is 7.56. The minimum atomic E-state index is -0.262. The lowest BCUT2D eigenvalue weighted by Gasteiger charge is -2.29. The Morgan fingerprint density at radius 1 is 1.45 bits per heavy atom. The predicted octanol–water partition coefficient (Wildman–Crippen LogP) is 3.12. The molecule has 0 unspecified atom stereocenters. The zero-order valence-corrected chi connectivity index (χ0v) is 12.4. The molecule has 0 bridgehead atoms. The molecule has 4 heteroatoms. The maximum atomic E-state index is 12.3. The van der Waals surface area contributed by atoms with Gasteiger partial charge in [0.25, 0.3) is 0 Å². The Morgan fingerprint density at radius 3 is 2.75 bits per heavy atom. The minimum absolute atomic E-state index is 0.0220. The third kappa shape index (κ3) is 3.84. The second-order valence-corrected chi connectivity index (χ2v) is 5.53. The van der Waals surface area contributed by atoms with E-state index in [1.54, 1.807) is 11.0 Å². The number of allylic oxidation sites excluding steroid dienone is 1. The van der Waals surface area contributed by atoms with Crippen LogP contribution in [0.2, 0.25) is 5.02 Å². The van der Waals surface area contributed by atoms with E-state index in [4.69, 9.17) is 11.6 Å². The third-order valence-corrected chi connectivity index (χ3v) is 3.89. The molecule has 1 aliphatic heterocycles. The lowest BCUT2D eigenvalue weighted by atomic mass is 10.0. The van der Waals surface area contributed by atoms with Crippen molar-refractivity contribution < 1.29 is 9.90 Å². The summed E-state index contributed by atoms with van der Waals surface area (Å²) in [4.78, 5) is 14.1. The van der Waals surface area contributed by atoms with Gasteiger partial charge in [-0.05, 0) is 42.5 Å². The highest BCUT2D eigenvalue weighted by atomic mass is 35.5. The summed E-state index contributed by atoms with van der Waals surface area (Å²) in [5.74, 6) is 0.0220. The zero-order valence-electron chi connectivity index (χ0n) is 11.7. The molecular weight excluding hydrogens is 274 g/mol. The van der Waals surface area contributed by atoms with E-state index in [0.29, 0.717) is 31.0 Å². The Balaban J connectivity index is 2.12. The van der Waals surface area contributed by atoms with Crippen LogP contribution < -0.4 is 0 Å². The van der Waals surface area contributed by atoms with E-state index in [9.17, 15) is 9.90 Å². The van der Waals surface area contributed by atoms with E-state index in [0.717, 1.165) is 17.6 Å². The largest absolute Gasteiger partial charge is 0.393 e.